The summed E-state index contributed by atoms with van der Waals surface area (Å²) in [6.45, 7) is 4.88. The number of ketones is 1. The number of rotatable bonds is 5. The number of allylic oxidation sites excluding steroid dienone is 1. The van der Waals surface area contributed by atoms with E-state index in [-0.39, 0.29) is 12.6 Å². The molecule has 0 radical (unpaired) electrons. The number of fused-ring (bicyclic) bond motifs is 1. The van der Waals surface area contributed by atoms with Gasteiger partial charge in [-0.1, -0.05) is 30.3 Å². The fourth-order valence-electron chi connectivity index (χ4n) is 3.17. The van der Waals surface area contributed by atoms with E-state index in [1.165, 1.54) is 5.56 Å². The highest BCUT2D eigenvalue weighted by atomic mass is 16.7. The van der Waals surface area contributed by atoms with Crippen molar-refractivity contribution in [3.63, 3.8) is 0 Å². The number of aromatic nitrogens is 2. The highest BCUT2D eigenvalue weighted by Crippen LogP contribution is 2.32. The quantitative estimate of drug-likeness (QED) is 0.506. The van der Waals surface area contributed by atoms with Crippen LogP contribution in [-0.2, 0) is 6.54 Å². The zero-order valence-electron chi connectivity index (χ0n) is 15.3. The van der Waals surface area contributed by atoms with Crippen LogP contribution in [0.1, 0.15) is 32.9 Å². The molecule has 0 bridgehead atoms. The van der Waals surface area contributed by atoms with Gasteiger partial charge >= 0.3 is 0 Å². The lowest BCUT2D eigenvalue weighted by molar-refractivity contribution is 0.104. The molecule has 1 aliphatic heterocycles. The van der Waals surface area contributed by atoms with E-state index in [4.69, 9.17) is 9.47 Å². The molecule has 2 aromatic carbocycles. The smallest absolute Gasteiger partial charge is 0.231 e. The van der Waals surface area contributed by atoms with Crippen molar-refractivity contribution >= 4 is 11.9 Å². The molecule has 3 aromatic rings. The van der Waals surface area contributed by atoms with Gasteiger partial charge in [0, 0.05) is 16.8 Å². The highest BCUT2D eigenvalue weighted by Gasteiger charge is 2.15. The van der Waals surface area contributed by atoms with Gasteiger partial charge in [0.05, 0.1) is 12.2 Å². The Labute approximate surface area is 157 Å². The molecule has 5 nitrogen and oxygen atoms in total. The molecular formula is C22H20N2O3. The summed E-state index contributed by atoms with van der Waals surface area (Å²) in [6.07, 6.45) is 3.42. The Bertz CT molecular complexity index is 1020. The number of nitrogens with zero attached hydrogens (tertiary/aromatic N) is 2. The molecule has 27 heavy (non-hydrogen) atoms. The largest absolute Gasteiger partial charge is 0.454 e. The zero-order valence-corrected chi connectivity index (χ0v) is 15.3. The van der Waals surface area contributed by atoms with E-state index >= 15 is 0 Å². The SMILES string of the molecule is Cc1nn(Cc2ccccc2)c(C)c1/C=C/C(=O)c1ccc2c(c1)OCO2. The van der Waals surface area contributed by atoms with Gasteiger partial charge in [0.2, 0.25) is 6.79 Å². The Morgan fingerprint density at radius 1 is 1.11 bits per heavy atom. The number of benzene rings is 2. The molecule has 0 aliphatic carbocycles. The maximum Gasteiger partial charge on any atom is 0.231 e. The van der Waals surface area contributed by atoms with Crippen LogP contribution in [0.4, 0.5) is 0 Å². The van der Waals surface area contributed by atoms with Crippen LogP contribution in [0, 0.1) is 13.8 Å². The van der Waals surface area contributed by atoms with Crippen molar-refractivity contribution in [3.05, 3.63) is 82.7 Å². The molecule has 0 N–H and O–H groups in total. The van der Waals surface area contributed by atoms with E-state index in [1.807, 2.05) is 42.8 Å². The Morgan fingerprint density at radius 2 is 1.89 bits per heavy atom. The number of hydrogen-bond acceptors (Lipinski definition) is 4. The summed E-state index contributed by atoms with van der Waals surface area (Å²) in [6, 6.07) is 15.4. The topological polar surface area (TPSA) is 53.4 Å². The molecule has 1 aromatic heterocycles. The van der Waals surface area contributed by atoms with E-state index < -0.39 is 0 Å². The van der Waals surface area contributed by atoms with Crippen molar-refractivity contribution in [2.75, 3.05) is 6.79 Å². The van der Waals surface area contributed by atoms with E-state index in [0.717, 1.165) is 17.0 Å². The first-order valence-corrected chi connectivity index (χ1v) is 8.82. The molecule has 0 fully saturated rings. The Hall–Kier alpha value is -3.34. The van der Waals surface area contributed by atoms with Crippen LogP contribution < -0.4 is 9.47 Å². The Morgan fingerprint density at radius 3 is 2.70 bits per heavy atom. The van der Waals surface area contributed by atoms with Crippen molar-refractivity contribution in [1.82, 2.24) is 9.78 Å². The van der Waals surface area contributed by atoms with Gasteiger partial charge in [-0.25, -0.2) is 0 Å². The van der Waals surface area contributed by atoms with Crippen molar-refractivity contribution in [2.24, 2.45) is 0 Å². The van der Waals surface area contributed by atoms with Gasteiger partial charge in [0.25, 0.3) is 0 Å². The van der Waals surface area contributed by atoms with Crippen LogP contribution in [-0.4, -0.2) is 22.4 Å². The monoisotopic (exact) mass is 360 g/mol. The molecule has 0 unspecified atom stereocenters. The molecule has 4 rings (SSSR count). The van der Waals surface area contributed by atoms with Crippen LogP contribution in [0.25, 0.3) is 6.08 Å². The number of hydrogen-bond donors (Lipinski definition) is 0. The molecule has 2 heterocycles. The maximum atomic E-state index is 12.5. The summed E-state index contributed by atoms with van der Waals surface area (Å²) in [5.41, 5.74) is 4.67. The van der Waals surface area contributed by atoms with Crippen LogP contribution in [0.3, 0.4) is 0 Å². The predicted molar refractivity (Wildman–Crippen MR) is 103 cm³/mol. The van der Waals surface area contributed by atoms with Crippen LogP contribution in [0.15, 0.2) is 54.6 Å². The standard InChI is InChI=1S/C22H20N2O3/c1-15-19(16(2)24(23-15)13-17-6-4-3-5-7-17)9-10-20(25)18-8-11-21-22(12-18)27-14-26-21/h3-12H,13-14H2,1-2H3/b10-9+. The van der Waals surface area contributed by atoms with Crippen LogP contribution in [0.2, 0.25) is 0 Å². The van der Waals surface area contributed by atoms with E-state index in [0.29, 0.717) is 23.6 Å². The fourth-order valence-corrected chi connectivity index (χ4v) is 3.17. The number of carbonyl (C=O) groups is 1. The fraction of sp³-hybridized carbons (Fsp3) is 0.182. The second-order valence-electron chi connectivity index (χ2n) is 6.49. The number of carbonyl (C=O) groups excluding carboxylic acids is 1. The molecule has 5 heteroatoms. The van der Waals surface area contributed by atoms with Gasteiger partial charge in [-0.2, -0.15) is 5.10 Å². The average Bonchev–Trinajstić information content (AvgIpc) is 3.25. The second-order valence-corrected chi connectivity index (χ2v) is 6.49. The maximum absolute atomic E-state index is 12.5. The van der Waals surface area contributed by atoms with Crippen molar-refractivity contribution in [3.8, 4) is 11.5 Å². The minimum absolute atomic E-state index is 0.0806. The summed E-state index contributed by atoms with van der Waals surface area (Å²) in [5, 5.41) is 4.62. The molecule has 0 amide bonds. The summed E-state index contributed by atoms with van der Waals surface area (Å²) < 4.78 is 12.6. The normalized spacial score (nSPS) is 12.7. The van der Waals surface area contributed by atoms with Crippen LogP contribution >= 0.6 is 0 Å². The minimum atomic E-state index is -0.0806. The molecular weight excluding hydrogens is 340 g/mol. The molecule has 1 aliphatic rings. The molecule has 0 atom stereocenters. The lowest BCUT2D eigenvalue weighted by Crippen LogP contribution is -2.03. The number of ether oxygens (including phenoxy) is 2. The summed E-state index contributed by atoms with van der Waals surface area (Å²) in [4.78, 5) is 12.5. The summed E-state index contributed by atoms with van der Waals surface area (Å²) in [5.74, 6) is 1.20. The van der Waals surface area contributed by atoms with Gasteiger partial charge in [-0.3, -0.25) is 9.48 Å². The Balaban J connectivity index is 1.54. The van der Waals surface area contributed by atoms with Crippen molar-refractivity contribution in [2.45, 2.75) is 20.4 Å². The first-order valence-electron chi connectivity index (χ1n) is 8.82. The van der Waals surface area contributed by atoms with Crippen LogP contribution in [0.5, 0.6) is 11.5 Å². The third-order valence-corrected chi connectivity index (χ3v) is 4.67. The summed E-state index contributed by atoms with van der Waals surface area (Å²) >= 11 is 0. The van der Waals surface area contributed by atoms with Crippen molar-refractivity contribution in [1.29, 1.82) is 0 Å². The van der Waals surface area contributed by atoms with Gasteiger partial charge in [-0.05, 0) is 49.8 Å². The molecule has 0 saturated carbocycles. The highest BCUT2D eigenvalue weighted by molar-refractivity contribution is 6.07. The predicted octanol–water partition coefficient (Wildman–Crippen LogP) is 4.17. The number of aryl methyl sites for hydroxylation is 1. The lowest BCUT2D eigenvalue weighted by Gasteiger charge is -2.04. The third kappa shape index (κ3) is 3.49. The lowest BCUT2D eigenvalue weighted by atomic mass is 10.1. The van der Waals surface area contributed by atoms with Gasteiger partial charge in [0.15, 0.2) is 17.3 Å². The molecule has 0 spiro atoms. The Kier molecular flexibility index (Phi) is 4.50. The first kappa shape index (κ1) is 17.1. The molecule has 0 saturated heterocycles. The van der Waals surface area contributed by atoms with Gasteiger partial charge in [-0.15, -0.1) is 0 Å². The van der Waals surface area contributed by atoms with Crippen molar-refractivity contribution < 1.29 is 14.3 Å². The van der Waals surface area contributed by atoms with E-state index in [2.05, 4.69) is 17.2 Å². The van der Waals surface area contributed by atoms with E-state index in [9.17, 15) is 4.79 Å². The first-order chi connectivity index (χ1) is 13.1. The van der Waals surface area contributed by atoms with E-state index in [1.54, 1.807) is 24.3 Å². The summed E-state index contributed by atoms with van der Waals surface area (Å²) in [7, 11) is 0. The zero-order chi connectivity index (χ0) is 18.8. The average molecular weight is 360 g/mol. The third-order valence-electron chi connectivity index (χ3n) is 4.67. The second kappa shape index (κ2) is 7.11. The minimum Gasteiger partial charge on any atom is -0.454 e. The van der Waals surface area contributed by atoms with Gasteiger partial charge in [0.1, 0.15) is 0 Å². The van der Waals surface area contributed by atoms with Gasteiger partial charge < -0.3 is 9.47 Å². The molecule has 136 valence electrons.